The number of fused-ring (bicyclic) bond motifs is 1. The Hall–Kier alpha value is -2.96. The molecule has 0 atom stereocenters. The number of aryl methyl sites for hydroxylation is 1. The monoisotopic (exact) mass is 283 g/mol. The molecule has 0 unspecified atom stereocenters. The summed E-state index contributed by atoms with van der Waals surface area (Å²) in [6.07, 6.45) is 1.74. The van der Waals surface area contributed by atoms with Gasteiger partial charge in [-0.15, -0.1) is 0 Å². The Bertz CT molecular complexity index is 812. The Morgan fingerprint density at radius 1 is 1.38 bits per heavy atom. The summed E-state index contributed by atoms with van der Waals surface area (Å²) in [6.45, 7) is 2.53. The number of nitrogens with zero attached hydrogens (tertiary/aromatic N) is 3. The Labute approximate surface area is 120 Å². The van der Waals surface area contributed by atoms with E-state index in [0.717, 1.165) is 11.3 Å². The number of hydrogen-bond donors (Lipinski definition) is 2. The molecule has 1 aromatic carbocycles. The van der Waals surface area contributed by atoms with Gasteiger partial charge in [0.05, 0.1) is 28.2 Å². The molecule has 0 spiro atoms. The zero-order valence-corrected chi connectivity index (χ0v) is 11.3. The number of aromatic amines is 1. The highest BCUT2D eigenvalue weighted by Gasteiger charge is 2.09. The lowest BCUT2D eigenvalue weighted by atomic mass is 10.2. The summed E-state index contributed by atoms with van der Waals surface area (Å²) in [5.41, 5.74) is 3.38. The summed E-state index contributed by atoms with van der Waals surface area (Å²) in [6, 6.07) is 8.42. The van der Waals surface area contributed by atoms with Crippen molar-refractivity contribution in [3.05, 3.63) is 57.9 Å². The smallest absolute Gasteiger partial charge is 0.271 e. The number of hydrogen-bond acceptors (Lipinski definition) is 5. The number of nitro benzene ring substituents is 1. The second-order valence-corrected chi connectivity index (χ2v) is 4.66. The summed E-state index contributed by atoms with van der Waals surface area (Å²) in [7, 11) is 0. The Morgan fingerprint density at radius 3 is 3.00 bits per heavy atom. The van der Waals surface area contributed by atoms with E-state index in [1.54, 1.807) is 12.3 Å². The minimum atomic E-state index is -0.426. The maximum Gasteiger partial charge on any atom is 0.271 e. The number of imidazole rings is 1. The van der Waals surface area contributed by atoms with E-state index in [1.165, 1.54) is 12.1 Å². The second kappa shape index (κ2) is 5.20. The zero-order chi connectivity index (χ0) is 14.8. The number of aromatic nitrogens is 3. The molecule has 7 nitrogen and oxygen atoms in total. The Kier molecular flexibility index (Phi) is 3.23. The fraction of sp³-hybridized carbons (Fsp3) is 0.143. The van der Waals surface area contributed by atoms with Gasteiger partial charge in [-0.25, -0.2) is 4.98 Å². The van der Waals surface area contributed by atoms with Crippen molar-refractivity contribution in [2.75, 3.05) is 5.32 Å². The van der Waals surface area contributed by atoms with Crippen molar-refractivity contribution in [3.63, 3.8) is 0 Å². The molecule has 2 aromatic heterocycles. The number of H-pyrrole nitrogens is 1. The lowest BCUT2D eigenvalue weighted by Gasteiger charge is -2.04. The van der Waals surface area contributed by atoms with E-state index in [0.29, 0.717) is 23.5 Å². The normalized spacial score (nSPS) is 10.7. The first kappa shape index (κ1) is 13.0. The van der Waals surface area contributed by atoms with Crippen LogP contribution in [0.25, 0.3) is 11.0 Å². The highest BCUT2D eigenvalue weighted by molar-refractivity contribution is 5.79. The summed E-state index contributed by atoms with van der Waals surface area (Å²) >= 11 is 0. The van der Waals surface area contributed by atoms with Gasteiger partial charge < -0.3 is 10.3 Å². The average Bonchev–Trinajstić information content (AvgIpc) is 2.88. The number of anilines is 1. The van der Waals surface area contributed by atoms with E-state index >= 15 is 0 Å². The predicted octanol–water partition coefficient (Wildman–Crippen LogP) is 2.79. The molecule has 0 fully saturated rings. The minimum Gasteiger partial charge on any atom is -0.350 e. The number of benzene rings is 1. The van der Waals surface area contributed by atoms with Crippen molar-refractivity contribution in [3.8, 4) is 0 Å². The topological polar surface area (TPSA) is 96.7 Å². The van der Waals surface area contributed by atoms with Crippen LogP contribution in [0.5, 0.6) is 0 Å². The molecule has 0 bridgehead atoms. The molecule has 2 N–H and O–H groups in total. The molecule has 0 saturated heterocycles. The average molecular weight is 283 g/mol. The van der Waals surface area contributed by atoms with Crippen LogP contribution in [0, 0.1) is 17.0 Å². The van der Waals surface area contributed by atoms with E-state index in [1.807, 2.05) is 19.1 Å². The van der Waals surface area contributed by atoms with Crippen LogP contribution in [0.4, 0.5) is 11.6 Å². The molecule has 7 heteroatoms. The summed E-state index contributed by atoms with van der Waals surface area (Å²) in [4.78, 5) is 22.0. The number of non-ortho nitro benzene ring substituents is 1. The van der Waals surface area contributed by atoms with Gasteiger partial charge in [-0.1, -0.05) is 6.07 Å². The van der Waals surface area contributed by atoms with E-state index < -0.39 is 4.92 Å². The summed E-state index contributed by atoms with van der Waals surface area (Å²) in [5, 5.41) is 13.9. The third kappa shape index (κ3) is 2.66. The predicted molar refractivity (Wildman–Crippen MR) is 79.0 cm³/mol. The third-order valence-corrected chi connectivity index (χ3v) is 3.22. The largest absolute Gasteiger partial charge is 0.350 e. The molecular formula is C14H13N5O2. The molecule has 2 heterocycles. The molecule has 0 aliphatic heterocycles. The summed E-state index contributed by atoms with van der Waals surface area (Å²) in [5.74, 6) is 0.565. The first-order valence-corrected chi connectivity index (χ1v) is 6.42. The summed E-state index contributed by atoms with van der Waals surface area (Å²) < 4.78 is 0. The third-order valence-electron chi connectivity index (χ3n) is 3.22. The van der Waals surface area contributed by atoms with Gasteiger partial charge in [-0.2, -0.15) is 0 Å². The molecule has 0 aliphatic rings. The van der Waals surface area contributed by atoms with Crippen LogP contribution in [0.15, 0.2) is 36.5 Å². The van der Waals surface area contributed by atoms with Gasteiger partial charge in [-0.3, -0.25) is 15.1 Å². The number of nitro groups is 1. The van der Waals surface area contributed by atoms with Crippen LogP contribution in [0.3, 0.4) is 0 Å². The molecule has 0 saturated carbocycles. The Morgan fingerprint density at radius 2 is 2.24 bits per heavy atom. The molecule has 0 aliphatic carbocycles. The quantitative estimate of drug-likeness (QED) is 0.567. The lowest BCUT2D eigenvalue weighted by molar-refractivity contribution is -0.384. The highest BCUT2D eigenvalue weighted by atomic mass is 16.6. The van der Waals surface area contributed by atoms with Gasteiger partial charge in [0.25, 0.3) is 5.69 Å². The fourth-order valence-electron chi connectivity index (χ4n) is 2.07. The molecule has 21 heavy (non-hydrogen) atoms. The molecular weight excluding hydrogens is 270 g/mol. The number of nitrogens with one attached hydrogen (secondary N) is 2. The van der Waals surface area contributed by atoms with Crippen molar-refractivity contribution >= 4 is 22.7 Å². The van der Waals surface area contributed by atoms with Gasteiger partial charge in [0.2, 0.25) is 5.95 Å². The highest BCUT2D eigenvalue weighted by Crippen LogP contribution is 2.20. The minimum absolute atomic E-state index is 0.0401. The number of rotatable bonds is 4. The second-order valence-electron chi connectivity index (χ2n) is 4.66. The van der Waals surface area contributed by atoms with Crippen molar-refractivity contribution in [1.29, 1.82) is 0 Å². The van der Waals surface area contributed by atoms with Crippen LogP contribution in [0.2, 0.25) is 0 Å². The molecule has 3 rings (SSSR count). The zero-order valence-electron chi connectivity index (χ0n) is 11.3. The van der Waals surface area contributed by atoms with E-state index in [-0.39, 0.29) is 5.69 Å². The molecule has 106 valence electrons. The fourth-order valence-corrected chi connectivity index (χ4v) is 2.07. The van der Waals surface area contributed by atoms with E-state index in [4.69, 9.17) is 0 Å². The van der Waals surface area contributed by atoms with Gasteiger partial charge in [0, 0.05) is 18.3 Å². The van der Waals surface area contributed by atoms with Crippen LogP contribution in [0.1, 0.15) is 11.3 Å². The van der Waals surface area contributed by atoms with Crippen LogP contribution >= 0.6 is 0 Å². The lowest BCUT2D eigenvalue weighted by Crippen LogP contribution is -2.04. The van der Waals surface area contributed by atoms with Crippen LogP contribution < -0.4 is 5.32 Å². The van der Waals surface area contributed by atoms with Crippen molar-refractivity contribution in [2.24, 2.45) is 0 Å². The maximum atomic E-state index is 10.7. The van der Waals surface area contributed by atoms with Crippen molar-refractivity contribution in [1.82, 2.24) is 15.0 Å². The standard InChI is InChI=1S/C14H13N5O2/c1-9-3-2-6-15-13(9)8-16-14-17-11-5-4-10(19(20)21)7-12(11)18-14/h2-7H,8H2,1H3,(H2,16,17,18). The molecule has 3 aromatic rings. The van der Waals surface area contributed by atoms with Crippen molar-refractivity contribution in [2.45, 2.75) is 13.5 Å². The molecule has 0 amide bonds. The van der Waals surface area contributed by atoms with Gasteiger partial charge >= 0.3 is 0 Å². The van der Waals surface area contributed by atoms with E-state index in [2.05, 4.69) is 20.3 Å². The van der Waals surface area contributed by atoms with Crippen LogP contribution in [-0.4, -0.2) is 19.9 Å². The van der Waals surface area contributed by atoms with Crippen molar-refractivity contribution < 1.29 is 4.92 Å². The SMILES string of the molecule is Cc1cccnc1CNc1nc2ccc([N+](=O)[O-])cc2[nH]1. The van der Waals surface area contributed by atoms with Gasteiger partial charge in [0.15, 0.2) is 0 Å². The first-order valence-electron chi connectivity index (χ1n) is 6.42. The molecule has 0 radical (unpaired) electrons. The first-order chi connectivity index (χ1) is 10.1. The maximum absolute atomic E-state index is 10.7. The van der Waals surface area contributed by atoms with Gasteiger partial charge in [-0.05, 0) is 24.6 Å². The van der Waals surface area contributed by atoms with Crippen LogP contribution in [-0.2, 0) is 6.54 Å². The van der Waals surface area contributed by atoms with E-state index in [9.17, 15) is 10.1 Å². The number of pyridine rings is 1. The Balaban J connectivity index is 1.82. The van der Waals surface area contributed by atoms with Gasteiger partial charge in [0.1, 0.15) is 0 Å².